The Morgan fingerprint density at radius 2 is 2.07 bits per heavy atom. The smallest absolute Gasteiger partial charge is 0.410 e. The average Bonchev–Trinajstić information content (AvgIpc) is 2.92. The highest BCUT2D eigenvalue weighted by Gasteiger charge is 2.41. The van der Waals surface area contributed by atoms with Crippen molar-refractivity contribution in [1.29, 1.82) is 0 Å². The second-order valence-electron chi connectivity index (χ2n) is 3.31. The highest BCUT2D eigenvalue weighted by atomic mass is 19.4. The molecule has 1 N–H and O–H groups in total. The normalized spacial score (nSPS) is 16.3. The number of halogens is 3. The molecule has 0 saturated heterocycles. The molecule has 1 saturated carbocycles. The van der Waals surface area contributed by atoms with E-state index in [9.17, 15) is 18.0 Å². The summed E-state index contributed by atoms with van der Waals surface area (Å²) in [6, 6.07) is -0.363. The van der Waals surface area contributed by atoms with E-state index >= 15 is 0 Å². The van der Waals surface area contributed by atoms with Gasteiger partial charge in [0.25, 0.3) is 0 Å². The molecule has 0 aromatic rings. The van der Waals surface area contributed by atoms with Gasteiger partial charge in [0.2, 0.25) is 0 Å². The fraction of sp³-hybridized carbons (Fsp3) is 0.875. The van der Waals surface area contributed by atoms with Crippen molar-refractivity contribution in [2.45, 2.75) is 25.1 Å². The minimum Gasteiger partial charge on any atom is -0.447 e. The maximum Gasteiger partial charge on any atom is 0.410 e. The van der Waals surface area contributed by atoms with Crippen LogP contribution in [0.1, 0.15) is 12.8 Å². The molecule has 0 aliphatic heterocycles. The van der Waals surface area contributed by atoms with Gasteiger partial charge in [-0.15, -0.1) is 0 Å². The molecule has 0 aromatic carbocycles. The highest BCUT2D eigenvalue weighted by molar-refractivity contribution is 5.68. The molecule has 0 spiro atoms. The molecular formula is C8H12F3NO3. The number of aliphatic hydroxyl groups excluding tert-OH is 1. The second-order valence-corrected chi connectivity index (χ2v) is 3.31. The fourth-order valence-corrected chi connectivity index (χ4v) is 1.14. The van der Waals surface area contributed by atoms with Gasteiger partial charge in [0, 0.05) is 6.04 Å². The van der Waals surface area contributed by atoms with Crippen LogP contribution in [0, 0.1) is 0 Å². The number of alkyl halides is 3. The zero-order valence-electron chi connectivity index (χ0n) is 7.96. The van der Waals surface area contributed by atoms with E-state index in [0.29, 0.717) is 17.7 Å². The largest absolute Gasteiger partial charge is 0.447 e. The Morgan fingerprint density at radius 3 is 2.47 bits per heavy atom. The monoisotopic (exact) mass is 227 g/mol. The van der Waals surface area contributed by atoms with Crippen molar-refractivity contribution in [3.05, 3.63) is 0 Å². The SMILES string of the molecule is O=C(OCCO)N(CC(F)(F)F)C1CC1. The zero-order valence-corrected chi connectivity index (χ0v) is 7.96. The molecule has 15 heavy (non-hydrogen) atoms. The summed E-state index contributed by atoms with van der Waals surface area (Å²) in [6.07, 6.45) is -4.28. The third kappa shape index (κ3) is 4.37. The van der Waals surface area contributed by atoms with Crippen LogP contribution >= 0.6 is 0 Å². The molecule has 1 aliphatic carbocycles. The maximum absolute atomic E-state index is 12.1. The lowest BCUT2D eigenvalue weighted by atomic mass is 10.5. The van der Waals surface area contributed by atoms with Gasteiger partial charge in [0.1, 0.15) is 13.2 Å². The van der Waals surface area contributed by atoms with Crippen LogP contribution < -0.4 is 0 Å². The number of aliphatic hydroxyl groups is 1. The summed E-state index contributed by atoms with van der Waals surface area (Å²) in [6.45, 7) is -1.96. The molecule has 0 atom stereocenters. The van der Waals surface area contributed by atoms with Crippen LogP contribution in [0.5, 0.6) is 0 Å². The molecule has 1 rings (SSSR count). The molecule has 4 nitrogen and oxygen atoms in total. The predicted octanol–water partition coefficient (Wildman–Crippen LogP) is 1.14. The van der Waals surface area contributed by atoms with Gasteiger partial charge in [-0.05, 0) is 12.8 Å². The first-order valence-corrected chi connectivity index (χ1v) is 4.55. The summed E-state index contributed by atoms with van der Waals surface area (Å²) in [7, 11) is 0. The van der Waals surface area contributed by atoms with E-state index in [1.807, 2.05) is 0 Å². The number of carbonyl (C=O) groups is 1. The molecule has 1 fully saturated rings. The second kappa shape index (κ2) is 4.69. The van der Waals surface area contributed by atoms with Crippen LogP contribution in [0.25, 0.3) is 0 Å². The first-order chi connectivity index (χ1) is 6.94. The Kier molecular flexibility index (Phi) is 3.78. The highest BCUT2D eigenvalue weighted by Crippen LogP contribution is 2.30. The van der Waals surface area contributed by atoms with Crippen LogP contribution in [0.4, 0.5) is 18.0 Å². The first-order valence-electron chi connectivity index (χ1n) is 4.55. The van der Waals surface area contributed by atoms with Crippen molar-refractivity contribution in [3.8, 4) is 0 Å². The van der Waals surface area contributed by atoms with E-state index in [2.05, 4.69) is 4.74 Å². The molecule has 1 aliphatic rings. The van der Waals surface area contributed by atoms with Crippen molar-refractivity contribution >= 4 is 6.09 Å². The van der Waals surface area contributed by atoms with Gasteiger partial charge in [0.05, 0.1) is 6.61 Å². The van der Waals surface area contributed by atoms with Crippen LogP contribution in [-0.4, -0.2) is 48.1 Å². The summed E-state index contributed by atoms with van der Waals surface area (Å²) in [5.41, 5.74) is 0. The average molecular weight is 227 g/mol. The van der Waals surface area contributed by atoms with E-state index in [1.54, 1.807) is 0 Å². The maximum atomic E-state index is 12.1. The summed E-state index contributed by atoms with van der Waals surface area (Å²) in [5, 5.41) is 8.37. The van der Waals surface area contributed by atoms with E-state index in [-0.39, 0.29) is 12.6 Å². The van der Waals surface area contributed by atoms with Crippen LogP contribution in [0.2, 0.25) is 0 Å². The van der Waals surface area contributed by atoms with E-state index in [1.165, 1.54) is 0 Å². The molecule has 0 radical (unpaired) electrons. The Morgan fingerprint density at radius 1 is 1.47 bits per heavy atom. The van der Waals surface area contributed by atoms with Crippen LogP contribution in [0.3, 0.4) is 0 Å². The van der Waals surface area contributed by atoms with Gasteiger partial charge in [-0.1, -0.05) is 0 Å². The topological polar surface area (TPSA) is 49.8 Å². The number of rotatable bonds is 4. The van der Waals surface area contributed by atoms with Gasteiger partial charge in [-0.25, -0.2) is 4.79 Å². The lowest BCUT2D eigenvalue weighted by molar-refractivity contribution is -0.143. The van der Waals surface area contributed by atoms with Gasteiger partial charge in [0.15, 0.2) is 0 Å². The fourth-order valence-electron chi connectivity index (χ4n) is 1.14. The van der Waals surface area contributed by atoms with Crippen molar-refractivity contribution in [3.63, 3.8) is 0 Å². The van der Waals surface area contributed by atoms with Crippen molar-refractivity contribution < 1.29 is 27.8 Å². The Labute approximate surface area is 84.6 Å². The zero-order chi connectivity index (χ0) is 11.5. The summed E-state index contributed by atoms with van der Waals surface area (Å²) in [4.78, 5) is 11.8. The molecule has 0 bridgehead atoms. The minimum absolute atomic E-state index is 0.278. The summed E-state index contributed by atoms with van der Waals surface area (Å²) < 4.78 is 40.7. The van der Waals surface area contributed by atoms with E-state index in [0.717, 1.165) is 0 Å². The first kappa shape index (κ1) is 12.1. The van der Waals surface area contributed by atoms with Crippen LogP contribution in [-0.2, 0) is 4.74 Å². The van der Waals surface area contributed by atoms with Crippen LogP contribution in [0.15, 0.2) is 0 Å². The predicted molar refractivity (Wildman–Crippen MR) is 44.2 cm³/mol. The number of hydrogen-bond acceptors (Lipinski definition) is 3. The van der Waals surface area contributed by atoms with Crippen molar-refractivity contribution in [1.82, 2.24) is 4.90 Å². The Hall–Kier alpha value is -0.980. The Bertz CT molecular complexity index is 228. The number of amides is 1. The molecule has 88 valence electrons. The quantitative estimate of drug-likeness (QED) is 0.783. The van der Waals surface area contributed by atoms with Gasteiger partial charge >= 0.3 is 12.3 Å². The Balaban J connectivity index is 2.46. The summed E-state index contributed by atoms with van der Waals surface area (Å²) in [5.74, 6) is 0. The van der Waals surface area contributed by atoms with Gasteiger partial charge in [-0.3, -0.25) is 4.90 Å². The van der Waals surface area contributed by atoms with Crippen molar-refractivity contribution in [2.24, 2.45) is 0 Å². The molecule has 0 aromatic heterocycles. The van der Waals surface area contributed by atoms with E-state index in [4.69, 9.17) is 5.11 Å². The molecule has 0 unspecified atom stereocenters. The molecular weight excluding hydrogens is 215 g/mol. The standard InChI is InChI=1S/C8H12F3NO3/c9-8(10,11)5-12(6-1-2-6)7(14)15-4-3-13/h6,13H,1-5H2. The minimum atomic E-state index is -4.42. The third-order valence-corrected chi connectivity index (χ3v) is 1.89. The number of hydrogen-bond donors (Lipinski definition) is 1. The lowest BCUT2D eigenvalue weighted by Crippen LogP contribution is -2.41. The lowest BCUT2D eigenvalue weighted by Gasteiger charge is -2.22. The molecule has 7 heteroatoms. The summed E-state index contributed by atoms with van der Waals surface area (Å²) >= 11 is 0. The van der Waals surface area contributed by atoms with E-state index < -0.39 is 25.4 Å². The molecule has 1 amide bonds. The van der Waals surface area contributed by atoms with Crippen molar-refractivity contribution in [2.75, 3.05) is 19.8 Å². The van der Waals surface area contributed by atoms with Gasteiger partial charge in [-0.2, -0.15) is 13.2 Å². The number of ether oxygens (including phenoxy) is 1. The number of carbonyl (C=O) groups excluding carboxylic acids is 1. The number of nitrogens with zero attached hydrogens (tertiary/aromatic N) is 1. The third-order valence-electron chi connectivity index (χ3n) is 1.89. The molecule has 0 heterocycles. The van der Waals surface area contributed by atoms with Gasteiger partial charge < -0.3 is 9.84 Å².